The standard InChI is InChI=1S/C25H26F3N7O3/c26-25(27,28)38-18-12-16(14-31-21(18)29)17-13-20-24(37-11-10-35(20)33-17)7-9-34(15-24)22(36)32-23(5-3-6-23)19-4-1-2-8-30-19/h1-2,4,8,12-14H,3,5-7,9-11,15H2,(H2,29,31)(H,32,36). The summed E-state index contributed by atoms with van der Waals surface area (Å²) in [5.41, 5.74) is 6.69. The number of ether oxygens (including phenoxy) is 2. The number of nitrogens with zero attached hydrogens (tertiary/aromatic N) is 5. The third-order valence-electron chi connectivity index (χ3n) is 7.56. The molecule has 200 valence electrons. The molecule has 2 fully saturated rings. The minimum Gasteiger partial charge on any atom is -0.402 e. The van der Waals surface area contributed by atoms with Crippen molar-refractivity contribution in [2.75, 3.05) is 25.4 Å². The predicted molar refractivity (Wildman–Crippen MR) is 129 cm³/mol. The van der Waals surface area contributed by atoms with Crippen LogP contribution in [-0.4, -0.2) is 56.7 Å². The summed E-state index contributed by atoms with van der Waals surface area (Å²) in [7, 11) is 0. The Balaban J connectivity index is 1.23. The Morgan fingerprint density at radius 2 is 2.00 bits per heavy atom. The molecule has 0 bridgehead atoms. The van der Waals surface area contributed by atoms with Gasteiger partial charge in [-0.2, -0.15) is 5.10 Å². The molecule has 3 N–H and O–H groups in total. The molecule has 3 aromatic heterocycles. The van der Waals surface area contributed by atoms with Gasteiger partial charge in [0.15, 0.2) is 11.6 Å². The number of nitrogens with two attached hydrogens (primary N) is 1. The summed E-state index contributed by atoms with van der Waals surface area (Å²) in [4.78, 5) is 23.4. The maximum atomic E-state index is 13.4. The highest BCUT2D eigenvalue weighted by Gasteiger charge is 2.49. The molecule has 5 heterocycles. The zero-order valence-electron chi connectivity index (χ0n) is 20.4. The van der Waals surface area contributed by atoms with Gasteiger partial charge in [0.2, 0.25) is 0 Å². The average molecular weight is 530 g/mol. The normalized spacial score (nSPS) is 22.1. The van der Waals surface area contributed by atoms with E-state index in [1.807, 2.05) is 18.2 Å². The number of carbonyl (C=O) groups excluding carboxylic acids is 1. The van der Waals surface area contributed by atoms with Crippen LogP contribution in [-0.2, 0) is 22.4 Å². The lowest BCUT2D eigenvalue weighted by atomic mass is 9.74. The van der Waals surface area contributed by atoms with E-state index >= 15 is 0 Å². The van der Waals surface area contributed by atoms with Gasteiger partial charge in [0.05, 0.1) is 42.3 Å². The lowest BCUT2D eigenvalue weighted by molar-refractivity contribution is -0.274. The van der Waals surface area contributed by atoms with Gasteiger partial charge < -0.3 is 25.4 Å². The number of urea groups is 1. The van der Waals surface area contributed by atoms with Gasteiger partial charge in [-0.15, -0.1) is 13.2 Å². The molecule has 1 spiro atoms. The Bertz CT molecular complexity index is 1360. The van der Waals surface area contributed by atoms with Crippen molar-refractivity contribution in [1.29, 1.82) is 0 Å². The Morgan fingerprint density at radius 3 is 2.71 bits per heavy atom. The topological polar surface area (TPSA) is 120 Å². The fourth-order valence-electron chi connectivity index (χ4n) is 5.49. The molecule has 6 rings (SSSR count). The quantitative estimate of drug-likeness (QED) is 0.530. The van der Waals surface area contributed by atoms with Crippen molar-refractivity contribution in [3.63, 3.8) is 0 Å². The van der Waals surface area contributed by atoms with Crippen LogP contribution in [0.2, 0.25) is 0 Å². The number of amides is 2. The third kappa shape index (κ3) is 4.30. The van der Waals surface area contributed by atoms with Gasteiger partial charge in [-0.3, -0.25) is 9.67 Å². The number of anilines is 1. The van der Waals surface area contributed by atoms with Crippen molar-refractivity contribution in [2.24, 2.45) is 0 Å². The molecule has 2 aliphatic heterocycles. The first-order valence-corrected chi connectivity index (χ1v) is 12.4. The minimum atomic E-state index is -4.90. The summed E-state index contributed by atoms with van der Waals surface area (Å²) >= 11 is 0. The van der Waals surface area contributed by atoms with E-state index in [-0.39, 0.29) is 11.8 Å². The first-order chi connectivity index (χ1) is 18.2. The van der Waals surface area contributed by atoms with E-state index in [4.69, 9.17) is 10.5 Å². The lowest BCUT2D eigenvalue weighted by Gasteiger charge is -2.43. The van der Waals surface area contributed by atoms with Gasteiger partial charge in [0.25, 0.3) is 0 Å². The van der Waals surface area contributed by atoms with Crippen molar-refractivity contribution >= 4 is 11.8 Å². The van der Waals surface area contributed by atoms with E-state index in [1.54, 1.807) is 21.8 Å². The van der Waals surface area contributed by atoms with Crippen LogP contribution in [0.3, 0.4) is 0 Å². The Kier molecular flexibility index (Phi) is 5.70. The fraction of sp³-hybridized carbons (Fsp3) is 0.440. The molecule has 0 radical (unpaired) electrons. The SMILES string of the molecule is Nc1ncc(-c2cc3n(n2)CCOC32CCN(C(=O)NC3(c4ccccn4)CCC3)C2)cc1OC(F)(F)F. The summed E-state index contributed by atoms with van der Waals surface area (Å²) in [6.45, 7) is 1.67. The molecular weight excluding hydrogens is 503 g/mol. The van der Waals surface area contributed by atoms with Crippen molar-refractivity contribution in [3.8, 4) is 17.0 Å². The highest BCUT2D eigenvalue weighted by molar-refractivity contribution is 5.76. The van der Waals surface area contributed by atoms with Gasteiger partial charge in [-0.05, 0) is 43.5 Å². The van der Waals surface area contributed by atoms with Crippen LogP contribution in [0.1, 0.15) is 37.1 Å². The zero-order chi connectivity index (χ0) is 26.5. The summed E-state index contributed by atoms with van der Waals surface area (Å²) < 4.78 is 50.4. The van der Waals surface area contributed by atoms with E-state index in [2.05, 4.69) is 25.1 Å². The number of alkyl halides is 3. The van der Waals surface area contributed by atoms with E-state index < -0.39 is 23.3 Å². The number of halogens is 3. The highest BCUT2D eigenvalue weighted by atomic mass is 19.4. The van der Waals surface area contributed by atoms with Crippen LogP contribution in [0.4, 0.5) is 23.8 Å². The molecular formula is C25H26F3N7O3. The largest absolute Gasteiger partial charge is 0.573 e. The molecule has 1 unspecified atom stereocenters. The molecule has 13 heteroatoms. The van der Waals surface area contributed by atoms with Crippen LogP contribution >= 0.6 is 0 Å². The number of likely N-dealkylation sites (tertiary alicyclic amines) is 1. The number of hydrogen-bond acceptors (Lipinski definition) is 7. The van der Waals surface area contributed by atoms with Crippen molar-refractivity contribution in [1.82, 2.24) is 30.0 Å². The maximum Gasteiger partial charge on any atom is 0.573 e. The number of hydrogen-bond donors (Lipinski definition) is 2. The smallest absolute Gasteiger partial charge is 0.402 e. The van der Waals surface area contributed by atoms with E-state index in [1.165, 1.54) is 12.3 Å². The van der Waals surface area contributed by atoms with Crippen LogP contribution in [0.25, 0.3) is 11.3 Å². The second kappa shape index (κ2) is 8.86. The summed E-state index contributed by atoms with van der Waals surface area (Å²) in [6.07, 6.45) is 1.42. The molecule has 3 aromatic rings. The molecule has 1 atom stereocenters. The molecule has 1 saturated heterocycles. The average Bonchev–Trinajstić information content (AvgIpc) is 3.49. The number of pyridine rings is 2. The van der Waals surface area contributed by atoms with E-state index in [9.17, 15) is 18.0 Å². The van der Waals surface area contributed by atoms with Crippen LogP contribution in [0.5, 0.6) is 5.75 Å². The van der Waals surface area contributed by atoms with Gasteiger partial charge in [0.1, 0.15) is 5.60 Å². The van der Waals surface area contributed by atoms with Gasteiger partial charge in [-0.25, -0.2) is 9.78 Å². The van der Waals surface area contributed by atoms with Crippen molar-refractivity contribution in [3.05, 3.63) is 54.1 Å². The molecule has 0 aromatic carbocycles. The summed E-state index contributed by atoms with van der Waals surface area (Å²) in [5.74, 6) is -0.962. The second-order valence-electron chi connectivity index (χ2n) is 9.89. The lowest BCUT2D eigenvalue weighted by Crippen LogP contribution is -2.55. The van der Waals surface area contributed by atoms with Crippen LogP contribution < -0.4 is 15.8 Å². The van der Waals surface area contributed by atoms with Gasteiger partial charge in [0, 0.05) is 30.9 Å². The second-order valence-corrected chi connectivity index (χ2v) is 9.89. The number of aromatic nitrogens is 4. The Labute approximate surface area is 215 Å². The number of nitrogens with one attached hydrogen (secondary N) is 1. The molecule has 1 saturated carbocycles. The maximum absolute atomic E-state index is 13.4. The Morgan fingerprint density at radius 1 is 1.16 bits per heavy atom. The Hall–Kier alpha value is -3.87. The first kappa shape index (κ1) is 24.5. The number of nitrogen functional groups attached to an aromatic ring is 1. The molecule has 1 aliphatic carbocycles. The zero-order valence-corrected chi connectivity index (χ0v) is 20.4. The predicted octanol–water partition coefficient (Wildman–Crippen LogP) is 3.54. The molecule has 10 nitrogen and oxygen atoms in total. The molecule has 38 heavy (non-hydrogen) atoms. The third-order valence-corrected chi connectivity index (χ3v) is 7.56. The molecule has 2 amide bonds. The minimum absolute atomic E-state index is 0.177. The molecule has 3 aliphatic rings. The summed E-state index contributed by atoms with van der Waals surface area (Å²) in [6, 6.07) is 8.47. The number of carbonyl (C=O) groups is 1. The van der Waals surface area contributed by atoms with Crippen LogP contribution in [0.15, 0.2) is 42.7 Å². The fourth-order valence-corrected chi connectivity index (χ4v) is 5.49. The number of rotatable bonds is 4. The first-order valence-electron chi connectivity index (χ1n) is 12.4. The van der Waals surface area contributed by atoms with Crippen molar-refractivity contribution < 1.29 is 27.4 Å². The summed E-state index contributed by atoms with van der Waals surface area (Å²) in [5, 5.41) is 7.81. The van der Waals surface area contributed by atoms with Gasteiger partial charge >= 0.3 is 12.4 Å². The van der Waals surface area contributed by atoms with E-state index in [0.29, 0.717) is 43.9 Å². The highest BCUT2D eigenvalue weighted by Crippen LogP contribution is 2.43. The monoisotopic (exact) mass is 529 g/mol. The van der Waals surface area contributed by atoms with Crippen LogP contribution in [0, 0.1) is 0 Å². The van der Waals surface area contributed by atoms with Crippen molar-refractivity contribution in [2.45, 2.75) is 49.7 Å². The number of fused-ring (bicyclic) bond motifs is 2. The van der Waals surface area contributed by atoms with E-state index in [0.717, 1.165) is 30.7 Å². The van der Waals surface area contributed by atoms with Gasteiger partial charge in [-0.1, -0.05) is 6.07 Å².